The molecule has 0 saturated heterocycles. The Morgan fingerprint density at radius 2 is 1.85 bits per heavy atom. The van der Waals surface area contributed by atoms with Crippen LogP contribution in [0, 0.1) is 17.5 Å². The van der Waals surface area contributed by atoms with Crippen LogP contribution in [0.15, 0.2) is 40.9 Å². The van der Waals surface area contributed by atoms with Crippen LogP contribution in [0.2, 0.25) is 0 Å². The van der Waals surface area contributed by atoms with Crippen molar-refractivity contribution in [2.75, 3.05) is 11.9 Å². The van der Waals surface area contributed by atoms with Gasteiger partial charge in [-0.15, -0.1) is 0 Å². The molecule has 0 saturated carbocycles. The average molecular weight is 346 g/mol. The predicted molar refractivity (Wildman–Crippen MR) is 73.9 cm³/mol. The summed E-state index contributed by atoms with van der Waals surface area (Å²) in [5.74, 6) is -1.87. The fraction of sp³-hybridized carbons (Fsp3) is 0.143. The highest BCUT2D eigenvalue weighted by atomic mass is 79.9. The van der Waals surface area contributed by atoms with E-state index in [1.807, 2.05) is 0 Å². The lowest BCUT2D eigenvalue weighted by molar-refractivity contribution is 0.186. The molecule has 0 bridgehead atoms. The molecule has 0 aliphatic heterocycles. The third kappa shape index (κ3) is 3.32. The van der Waals surface area contributed by atoms with Crippen LogP contribution in [0.5, 0.6) is 0 Å². The van der Waals surface area contributed by atoms with Crippen molar-refractivity contribution >= 4 is 21.6 Å². The molecule has 2 rings (SSSR count). The topological polar surface area (TPSA) is 32.3 Å². The van der Waals surface area contributed by atoms with Gasteiger partial charge in [0.2, 0.25) is 0 Å². The maximum Gasteiger partial charge on any atom is 0.147 e. The van der Waals surface area contributed by atoms with Gasteiger partial charge in [0.15, 0.2) is 0 Å². The van der Waals surface area contributed by atoms with Gasteiger partial charge in [-0.2, -0.15) is 0 Å². The first-order valence-corrected chi connectivity index (χ1v) is 6.59. The summed E-state index contributed by atoms with van der Waals surface area (Å²) in [6.45, 7) is -0.153. The van der Waals surface area contributed by atoms with E-state index in [9.17, 15) is 18.3 Å². The first-order chi connectivity index (χ1) is 9.49. The standard InChI is InChI=1S/C14H11BrF3NO/c15-10-2-1-3-12(18)14(10)19-7-13(20)9-6-8(16)4-5-11(9)17/h1-6,13,19-20H,7H2. The summed E-state index contributed by atoms with van der Waals surface area (Å²) in [5, 5.41) is 12.5. The van der Waals surface area contributed by atoms with E-state index in [0.717, 1.165) is 18.2 Å². The van der Waals surface area contributed by atoms with Crippen LogP contribution >= 0.6 is 15.9 Å². The van der Waals surface area contributed by atoms with Crippen LogP contribution < -0.4 is 5.32 Å². The van der Waals surface area contributed by atoms with Crippen LogP contribution in [0.3, 0.4) is 0 Å². The number of hydrogen-bond acceptors (Lipinski definition) is 2. The van der Waals surface area contributed by atoms with Crippen LogP contribution in [0.25, 0.3) is 0 Å². The molecule has 20 heavy (non-hydrogen) atoms. The quantitative estimate of drug-likeness (QED) is 0.877. The Morgan fingerprint density at radius 3 is 2.55 bits per heavy atom. The van der Waals surface area contributed by atoms with Gasteiger partial charge < -0.3 is 10.4 Å². The Kier molecular flexibility index (Phi) is 4.67. The minimum atomic E-state index is -1.29. The third-order valence-electron chi connectivity index (χ3n) is 2.75. The SMILES string of the molecule is OC(CNc1c(F)cccc1Br)c1cc(F)ccc1F. The lowest BCUT2D eigenvalue weighted by Crippen LogP contribution is -2.14. The molecule has 2 aromatic carbocycles. The predicted octanol–water partition coefficient (Wildman–Crippen LogP) is 4.01. The molecule has 0 spiro atoms. The molecule has 2 nitrogen and oxygen atoms in total. The van der Waals surface area contributed by atoms with E-state index in [2.05, 4.69) is 21.2 Å². The van der Waals surface area contributed by atoms with Crippen molar-refractivity contribution in [3.8, 4) is 0 Å². The fourth-order valence-corrected chi connectivity index (χ4v) is 2.23. The number of aliphatic hydroxyl groups excluding tert-OH is 1. The molecular formula is C14H11BrF3NO. The molecule has 106 valence electrons. The Labute approximate surface area is 122 Å². The normalized spacial score (nSPS) is 12.2. The number of hydrogen-bond donors (Lipinski definition) is 2. The van der Waals surface area contributed by atoms with E-state index in [0.29, 0.717) is 4.47 Å². The molecule has 0 amide bonds. The van der Waals surface area contributed by atoms with Gasteiger partial charge in [0.25, 0.3) is 0 Å². The van der Waals surface area contributed by atoms with Crippen molar-refractivity contribution in [3.63, 3.8) is 0 Å². The van der Waals surface area contributed by atoms with Crippen molar-refractivity contribution in [2.45, 2.75) is 6.10 Å². The Bertz CT molecular complexity index is 601. The van der Waals surface area contributed by atoms with E-state index in [1.165, 1.54) is 12.1 Å². The van der Waals surface area contributed by atoms with E-state index in [1.54, 1.807) is 6.07 Å². The van der Waals surface area contributed by atoms with Crippen LogP contribution in [0.4, 0.5) is 18.9 Å². The van der Waals surface area contributed by atoms with Crippen LogP contribution in [-0.4, -0.2) is 11.7 Å². The van der Waals surface area contributed by atoms with Gasteiger partial charge in [-0.3, -0.25) is 0 Å². The van der Waals surface area contributed by atoms with Crippen LogP contribution in [0.1, 0.15) is 11.7 Å². The van der Waals surface area contributed by atoms with Gasteiger partial charge in [0.1, 0.15) is 17.5 Å². The minimum Gasteiger partial charge on any atom is -0.386 e. The van der Waals surface area contributed by atoms with Crippen LogP contribution in [-0.2, 0) is 0 Å². The maximum absolute atomic E-state index is 13.5. The number of para-hydroxylation sites is 1. The molecular weight excluding hydrogens is 335 g/mol. The van der Waals surface area contributed by atoms with Gasteiger partial charge in [-0.25, -0.2) is 13.2 Å². The van der Waals surface area contributed by atoms with Gasteiger partial charge in [-0.05, 0) is 46.3 Å². The smallest absolute Gasteiger partial charge is 0.147 e. The Hall–Kier alpha value is -1.53. The monoisotopic (exact) mass is 345 g/mol. The molecule has 0 heterocycles. The average Bonchev–Trinajstić information content (AvgIpc) is 2.40. The highest BCUT2D eigenvalue weighted by molar-refractivity contribution is 9.10. The summed E-state index contributed by atoms with van der Waals surface area (Å²) in [6, 6.07) is 7.22. The van der Waals surface area contributed by atoms with Gasteiger partial charge >= 0.3 is 0 Å². The molecule has 0 radical (unpaired) electrons. The molecule has 1 unspecified atom stereocenters. The largest absolute Gasteiger partial charge is 0.386 e. The summed E-state index contributed by atoms with van der Waals surface area (Å²) in [5.41, 5.74) is -0.0201. The lowest BCUT2D eigenvalue weighted by Gasteiger charge is -2.15. The highest BCUT2D eigenvalue weighted by Crippen LogP contribution is 2.26. The Balaban J connectivity index is 2.13. The molecule has 0 aliphatic rings. The van der Waals surface area contributed by atoms with Gasteiger partial charge in [0.05, 0.1) is 11.8 Å². The molecule has 2 aromatic rings. The zero-order chi connectivity index (χ0) is 14.7. The van der Waals surface area contributed by atoms with E-state index >= 15 is 0 Å². The van der Waals surface area contributed by atoms with Crippen molar-refractivity contribution in [1.82, 2.24) is 0 Å². The molecule has 6 heteroatoms. The summed E-state index contributed by atoms with van der Waals surface area (Å²) >= 11 is 3.16. The van der Waals surface area contributed by atoms with Gasteiger partial charge in [0, 0.05) is 16.6 Å². The van der Waals surface area contributed by atoms with E-state index < -0.39 is 23.6 Å². The summed E-state index contributed by atoms with van der Waals surface area (Å²) in [6.07, 6.45) is -1.29. The van der Waals surface area contributed by atoms with Crippen molar-refractivity contribution in [1.29, 1.82) is 0 Å². The lowest BCUT2D eigenvalue weighted by atomic mass is 10.1. The number of nitrogens with one attached hydrogen (secondary N) is 1. The number of benzene rings is 2. The molecule has 1 atom stereocenters. The van der Waals surface area contributed by atoms with E-state index in [-0.39, 0.29) is 17.8 Å². The third-order valence-corrected chi connectivity index (χ3v) is 3.41. The Morgan fingerprint density at radius 1 is 1.10 bits per heavy atom. The zero-order valence-corrected chi connectivity index (χ0v) is 11.8. The number of rotatable bonds is 4. The molecule has 0 aliphatic carbocycles. The first-order valence-electron chi connectivity index (χ1n) is 5.80. The van der Waals surface area contributed by atoms with Crippen molar-refractivity contribution in [2.24, 2.45) is 0 Å². The summed E-state index contributed by atoms with van der Waals surface area (Å²) in [4.78, 5) is 0. The second-order valence-corrected chi connectivity index (χ2v) is 5.01. The summed E-state index contributed by atoms with van der Waals surface area (Å²) in [7, 11) is 0. The van der Waals surface area contributed by atoms with Crippen molar-refractivity contribution in [3.05, 3.63) is 63.9 Å². The molecule has 0 aromatic heterocycles. The molecule has 2 N–H and O–H groups in total. The zero-order valence-electron chi connectivity index (χ0n) is 10.2. The first kappa shape index (κ1) is 14.9. The number of aliphatic hydroxyl groups is 1. The fourth-order valence-electron chi connectivity index (χ4n) is 1.75. The second-order valence-electron chi connectivity index (χ2n) is 4.16. The molecule has 0 fully saturated rings. The van der Waals surface area contributed by atoms with Crippen molar-refractivity contribution < 1.29 is 18.3 Å². The van der Waals surface area contributed by atoms with E-state index in [4.69, 9.17) is 0 Å². The minimum absolute atomic E-state index is 0.153. The summed E-state index contributed by atoms with van der Waals surface area (Å²) < 4.78 is 40.5. The highest BCUT2D eigenvalue weighted by Gasteiger charge is 2.15. The second kappa shape index (κ2) is 6.28. The number of anilines is 1. The maximum atomic E-state index is 13.5. The number of halogens is 4. The van der Waals surface area contributed by atoms with Gasteiger partial charge in [-0.1, -0.05) is 6.07 Å².